The highest BCUT2D eigenvalue weighted by Gasteiger charge is 2.22. The summed E-state index contributed by atoms with van der Waals surface area (Å²) in [6.07, 6.45) is 3.19. The lowest BCUT2D eigenvalue weighted by Gasteiger charge is -2.10. The maximum absolute atomic E-state index is 11.9. The van der Waals surface area contributed by atoms with Gasteiger partial charge in [-0.15, -0.1) is 0 Å². The van der Waals surface area contributed by atoms with Crippen molar-refractivity contribution in [1.29, 1.82) is 0 Å². The fourth-order valence-corrected chi connectivity index (χ4v) is 2.26. The number of ether oxygens (including phenoxy) is 1. The molecule has 5 nitrogen and oxygen atoms in total. The third-order valence-corrected chi connectivity index (χ3v) is 3.16. The summed E-state index contributed by atoms with van der Waals surface area (Å²) in [5, 5.41) is 9.93. The van der Waals surface area contributed by atoms with Gasteiger partial charge >= 0.3 is 5.97 Å². The first-order valence-corrected chi connectivity index (χ1v) is 5.80. The number of nitrogens with zero attached hydrogens (tertiary/aromatic N) is 1. The van der Waals surface area contributed by atoms with E-state index in [0.29, 0.717) is 6.54 Å². The number of allylic oxidation sites excluding steroid dienone is 1. The van der Waals surface area contributed by atoms with Gasteiger partial charge in [-0.05, 0) is 25.8 Å². The van der Waals surface area contributed by atoms with Crippen molar-refractivity contribution >= 4 is 11.5 Å². The smallest absolute Gasteiger partial charge is 0.338 e. The molecule has 0 aromatic carbocycles. The predicted molar refractivity (Wildman–Crippen MR) is 66.4 cm³/mol. The lowest BCUT2D eigenvalue weighted by atomic mass is 10.0. The standard InChI is InChI=1S/C13H15NO4/c1-3-9(13(17)18-2)10-7-8-5-4-6-14(8)12(16)11(10)15/h3,7,15H,4-6H2,1-2H3/b9-3+. The van der Waals surface area contributed by atoms with Crippen LogP contribution < -0.4 is 5.56 Å². The van der Waals surface area contributed by atoms with Crippen molar-refractivity contribution < 1.29 is 14.6 Å². The van der Waals surface area contributed by atoms with Crippen LogP contribution in [0.3, 0.4) is 0 Å². The summed E-state index contributed by atoms with van der Waals surface area (Å²) in [6.45, 7) is 2.28. The van der Waals surface area contributed by atoms with Crippen LogP contribution >= 0.6 is 0 Å². The molecule has 1 aromatic rings. The van der Waals surface area contributed by atoms with Gasteiger partial charge in [0.25, 0.3) is 5.56 Å². The summed E-state index contributed by atoms with van der Waals surface area (Å²) in [7, 11) is 1.27. The van der Waals surface area contributed by atoms with Crippen molar-refractivity contribution in [3.05, 3.63) is 33.8 Å². The first-order chi connectivity index (χ1) is 8.60. The summed E-state index contributed by atoms with van der Waals surface area (Å²) < 4.78 is 6.19. The molecule has 1 aromatic heterocycles. The van der Waals surface area contributed by atoms with Crippen LogP contribution in [-0.4, -0.2) is 22.8 Å². The molecule has 0 amide bonds. The maximum Gasteiger partial charge on any atom is 0.338 e. The second-order valence-corrected chi connectivity index (χ2v) is 4.15. The van der Waals surface area contributed by atoms with Gasteiger partial charge in [-0.25, -0.2) is 4.79 Å². The fraction of sp³-hybridized carbons (Fsp3) is 0.385. The molecule has 0 saturated carbocycles. The lowest BCUT2D eigenvalue weighted by Crippen LogP contribution is -2.20. The van der Waals surface area contributed by atoms with E-state index in [0.717, 1.165) is 18.5 Å². The van der Waals surface area contributed by atoms with Gasteiger partial charge in [0.15, 0.2) is 5.75 Å². The molecule has 2 rings (SSSR count). The molecule has 1 aliphatic rings. The van der Waals surface area contributed by atoms with Gasteiger partial charge in [-0.2, -0.15) is 0 Å². The highest BCUT2D eigenvalue weighted by molar-refractivity contribution is 6.17. The summed E-state index contributed by atoms with van der Waals surface area (Å²) in [4.78, 5) is 23.5. The molecule has 18 heavy (non-hydrogen) atoms. The van der Waals surface area contributed by atoms with Crippen LogP contribution in [-0.2, 0) is 22.5 Å². The van der Waals surface area contributed by atoms with Crippen LogP contribution in [0.1, 0.15) is 24.6 Å². The summed E-state index contributed by atoms with van der Waals surface area (Å²) in [6, 6.07) is 1.69. The topological polar surface area (TPSA) is 68.5 Å². The Morgan fingerprint density at radius 3 is 2.89 bits per heavy atom. The van der Waals surface area contributed by atoms with Crippen LogP contribution in [0.4, 0.5) is 0 Å². The minimum Gasteiger partial charge on any atom is -0.503 e. The largest absolute Gasteiger partial charge is 0.503 e. The van der Waals surface area contributed by atoms with Crippen molar-refractivity contribution in [2.75, 3.05) is 7.11 Å². The number of hydrogen-bond acceptors (Lipinski definition) is 4. The van der Waals surface area contributed by atoms with Crippen molar-refractivity contribution in [1.82, 2.24) is 4.57 Å². The Morgan fingerprint density at radius 2 is 2.28 bits per heavy atom. The molecule has 0 saturated heterocycles. The molecule has 0 bridgehead atoms. The number of rotatable bonds is 2. The normalized spacial score (nSPS) is 14.4. The third-order valence-electron chi connectivity index (χ3n) is 3.16. The Balaban J connectivity index is 2.63. The predicted octanol–water partition coefficient (Wildman–Crippen LogP) is 1.08. The molecule has 1 N–H and O–H groups in total. The molecule has 0 aliphatic carbocycles. The number of aromatic nitrogens is 1. The average Bonchev–Trinajstić information content (AvgIpc) is 2.84. The molecule has 0 atom stereocenters. The van der Waals surface area contributed by atoms with Crippen LogP contribution in [0.2, 0.25) is 0 Å². The Kier molecular flexibility index (Phi) is 3.23. The van der Waals surface area contributed by atoms with E-state index in [9.17, 15) is 14.7 Å². The van der Waals surface area contributed by atoms with E-state index in [1.807, 2.05) is 0 Å². The third kappa shape index (κ3) is 1.81. The van der Waals surface area contributed by atoms with E-state index in [1.165, 1.54) is 13.2 Å². The number of esters is 1. The molecular weight excluding hydrogens is 234 g/mol. The Bertz CT molecular complexity index is 583. The SMILES string of the molecule is C/C=C(/C(=O)OC)c1cc2n(c(=O)c1O)CCC2. The zero-order valence-electron chi connectivity index (χ0n) is 10.4. The van der Waals surface area contributed by atoms with Crippen molar-refractivity contribution in [2.45, 2.75) is 26.3 Å². The first-order valence-electron chi connectivity index (χ1n) is 5.80. The number of pyridine rings is 1. The number of fused-ring (bicyclic) bond motifs is 1. The van der Waals surface area contributed by atoms with Gasteiger partial charge in [-0.3, -0.25) is 4.79 Å². The summed E-state index contributed by atoms with van der Waals surface area (Å²) >= 11 is 0. The van der Waals surface area contributed by atoms with Crippen molar-refractivity contribution in [3.8, 4) is 5.75 Å². The highest BCUT2D eigenvalue weighted by atomic mass is 16.5. The van der Waals surface area contributed by atoms with Crippen molar-refractivity contribution in [3.63, 3.8) is 0 Å². The first kappa shape index (κ1) is 12.4. The van der Waals surface area contributed by atoms with E-state index in [1.54, 1.807) is 17.6 Å². The number of carbonyl (C=O) groups is 1. The molecule has 5 heteroatoms. The van der Waals surface area contributed by atoms with E-state index in [2.05, 4.69) is 4.74 Å². The minimum absolute atomic E-state index is 0.211. The number of hydrogen-bond donors (Lipinski definition) is 1. The number of carbonyl (C=O) groups excluding carboxylic acids is 1. The van der Waals surface area contributed by atoms with Crippen molar-refractivity contribution in [2.24, 2.45) is 0 Å². The highest BCUT2D eigenvalue weighted by Crippen LogP contribution is 2.26. The van der Waals surface area contributed by atoms with Gasteiger partial charge in [0.2, 0.25) is 0 Å². The maximum atomic E-state index is 11.9. The molecule has 96 valence electrons. The summed E-state index contributed by atoms with van der Waals surface area (Å²) in [5.41, 5.74) is 0.865. The number of aromatic hydroxyl groups is 1. The zero-order chi connectivity index (χ0) is 13.3. The molecule has 0 unspecified atom stereocenters. The van der Waals surface area contributed by atoms with E-state index in [4.69, 9.17) is 0 Å². The van der Waals surface area contributed by atoms with Gasteiger partial charge in [0.1, 0.15) is 0 Å². The monoisotopic (exact) mass is 249 g/mol. The number of methoxy groups -OCH3 is 1. The van der Waals surface area contributed by atoms with Gasteiger partial charge in [-0.1, -0.05) is 6.08 Å². The Morgan fingerprint density at radius 1 is 1.56 bits per heavy atom. The quantitative estimate of drug-likeness (QED) is 0.629. The molecule has 0 radical (unpaired) electrons. The van der Waals surface area contributed by atoms with Gasteiger partial charge < -0.3 is 14.4 Å². The Hall–Kier alpha value is -2.04. The minimum atomic E-state index is -0.560. The fourth-order valence-electron chi connectivity index (χ4n) is 2.26. The van der Waals surface area contributed by atoms with Crippen LogP contribution in [0, 0.1) is 0 Å². The molecular formula is C13H15NO4. The van der Waals surface area contributed by atoms with Gasteiger partial charge in [0.05, 0.1) is 12.7 Å². The second kappa shape index (κ2) is 4.68. The van der Waals surface area contributed by atoms with Crippen LogP contribution in [0.25, 0.3) is 5.57 Å². The number of aryl methyl sites for hydroxylation is 1. The average molecular weight is 249 g/mol. The molecule has 0 fully saturated rings. The zero-order valence-corrected chi connectivity index (χ0v) is 10.4. The molecule has 0 spiro atoms. The second-order valence-electron chi connectivity index (χ2n) is 4.15. The lowest BCUT2D eigenvalue weighted by molar-refractivity contribution is -0.133. The molecule has 2 heterocycles. The van der Waals surface area contributed by atoms with Crippen LogP contribution in [0.5, 0.6) is 5.75 Å². The van der Waals surface area contributed by atoms with Crippen LogP contribution in [0.15, 0.2) is 16.9 Å². The molecule has 1 aliphatic heterocycles. The Labute approximate surface area is 104 Å². The van der Waals surface area contributed by atoms with E-state index >= 15 is 0 Å². The van der Waals surface area contributed by atoms with E-state index in [-0.39, 0.29) is 16.9 Å². The van der Waals surface area contributed by atoms with E-state index < -0.39 is 11.5 Å². The summed E-state index contributed by atoms with van der Waals surface area (Å²) in [5.74, 6) is -0.950. The van der Waals surface area contributed by atoms with Gasteiger partial charge in [0, 0.05) is 17.8 Å².